The predicted octanol–water partition coefficient (Wildman–Crippen LogP) is 1.38. The molecule has 1 rings (SSSR count). The van der Waals surface area contributed by atoms with Gasteiger partial charge in [-0.1, -0.05) is 19.4 Å². The topological polar surface area (TPSA) is 101 Å². The molecule has 0 atom stereocenters. The summed E-state index contributed by atoms with van der Waals surface area (Å²) in [4.78, 5) is 22.5. The lowest BCUT2D eigenvalue weighted by Gasteiger charge is -2.10. The van der Waals surface area contributed by atoms with E-state index in [4.69, 9.17) is 5.11 Å². The molecular weight excluding hydrogens is 294 g/mol. The Hall–Kier alpha value is -1.89. The highest BCUT2D eigenvalue weighted by molar-refractivity contribution is 7.92. The van der Waals surface area contributed by atoms with E-state index in [1.165, 1.54) is 25.1 Å². The molecule has 0 spiro atoms. The van der Waals surface area contributed by atoms with Gasteiger partial charge in [0.2, 0.25) is 5.91 Å². The van der Waals surface area contributed by atoms with Crippen LogP contribution < -0.4 is 5.32 Å². The Morgan fingerprint density at radius 3 is 2.52 bits per heavy atom. The van der Waals surface area contributed by atoms with Crippen molar-refractivity contribution in [1.29, 1.82) is 0 Å². The van der Waals surface area contributed by atoms with Crippen LogP contribution in [0.4, 0.5) is 0 Å². The number of hydrogen-bond donors (Lipinski definition) is 2. The molecule has 0 aliphatic rings. The first-order valence-corrected chi connectivity index (χ1v) is 8.27. The van der Waals surface area contributed by atoms with Crippen molar-refractivity contribution in [2.24, 2.45) is 0 Å². The number of carboxylic acids is 1. The number of hydrogen-bond acceptors (Lipinski definition) is 4. The quantitative estimate of drug-likeness (QED) is 0.741. The van der Waals surface area contributed by atoms with E-state index in [9.17, 15) is 18.0 Å². The van der Waals surface area contributed by atoms with Crippen LogP contribution in [-0.2, 0) is 14.6 Å². The highest BCUT2D eigenvalue weighted by atomic mass is 32.2. The van der Waals surface area contributed by atoms with Crippen LogP contribution in [0.25, 0.3) is 0 Å². The number of amides is 1. The molecule has 1 aromatic rings. The van der Waals surface area contributed by atoms with E-state index in [0.717, 1.165) is 12.8 Å². The number of aromatic carboxylic acids is 1. The fourth-order valence-electron chi connectivity index (χ4n) is 1.89. The molecule has 0 saturated carbocycles. The average molecular weight is 313 g/mol. The van der Waals surface area contributed by atoms with Crippen LogP contribution in [-0.4, -0.2) is 37.7 Å². The van der Waals surface area contributed by atoms with Crippen LogP contribution >= 0.6 is 0 Å². The van der Waals surface area contributed by atoms with Gasteiger partial charge in [0.15, 0.2) is 9.84 Å². The Morgan fingerprint density at radius 1 is 1.29 bits per heavy atom. The van der Waals surface area contributed by atoms with Crippen LogP contribution in [0.15, 0.2) is 23.1 Å². The summed E-state index contributed by atoms with van der Waals surface area (Å²) in [6, 6.07) is 4.01. The van der Waals surface area contributed by atoms with Crippen LogP contribution in [0.2, 0.25) is 0 Å². The number of carboxylic acid groups (broad SMARTS) is 1. The van der Waals surface area contributed by atoms with Gasteiger partial charge in [0.05, 0.1) is 10.5 Å². The molecule has 0 fully saturated rings. The maximum atomic E-state index is 12.2. The summed E-state index contributed by atoms with van der Waals surface area (Å²) in [5.74, 6) is -2.46. The molecule has 1 aromatic carbocycles. The Bertz CT molecular complexity index is 637. The molecule has 0 aliphatic carbocycles. The van der Waals surface area contributed by atoms with Gasteiger partial charge in [-0.05, 0) is 31.0 Å². The highest BCUT2D eigenvalue weighted by Gasteiger charge is 2.23. The molecule has 1 amide bonds. The van der Waals surface area contributed by atoms with Gasteiger partial charge in [0.1, 0.15) is 5.75 Å². The van der Waals surface area contributed by atoms with Crippen molar-refractivity contribution >= 4 is 21.7 Å². The van der Waals surface area contributed by atoms with E-state index in [1.54, 1.807) is 0 Å². The second kappa shape index (κ2) is 7.21. The Labute approximate surface area is 124 Å². The molecule has 0 radical (unpaired) electrons. The number of carbonyl (C=O) groups is 2. The molecule has 0 heterocycles. The molecule has 116 valence electrons. The molecule has 0 unspecified atom stereocenters. The van der Waals surface area contributed by atoms with Gasteiger partial charge in [-0.25, -0.2) is 13.2 Å². The minimum Gasteiger partial charge on any atom is -0.478 e. The van der Waals surface area contributed by atoms with Gasteiger partial charge in [-0.15, -0.1) is 0 Å². The highest BCUT2D eigenvalue weighted by Crippen LogP contribution is 2.20. The SMILES string of the molecule is CCCCNC(=O)CS(=O)(=O)c1cccc(C(=O)O)c1C. The molecule has 0 aliphatic heterocycles. The lowest BCUT2D eigenvalue weighted by Crippen LogP contribution is -2.31. The third-order valence-corrected chi connectivity index (χ3v) is 4.78. The summed E-state index contributed by atoms with van der Waals surface area (Å²) in [6.07, 6.45) is 1.67. The van der Waals surface area contributed by atoms with E-state index in [1.807, 2.05) is 6.92 Å². The fourth-order valence-corrected chi connectivity index (χ4v) is 3.35. The molecular formula is C14H19NO5S. The maximum Gasteiger partial charge on any atom is 0.335 e. The molecule has 7 heteroatoms. The normalized spacial score (nSPS) is 11.1. The zero-order valence-electron chi connectivity index (χ0n) is 12.0. The lowest BCUT2D eigenvalue weighted by atomic mass is 10.1. The van der Waals surface area contributed by atoms with Gasteiger partial charge in [-0.3, -0.25) is 4.79 Å². The first-order chi connectivity index (χ1) is 9.79. The summed E-state index contributed by atoms with van der Waals surface area (Å²) in [5.41, 5.74) is 0.0637. The summed E-state index contributed by atoms with van der Waals surface area (Å²) in [5, 5.41) is 11.5. The number of rotatable bonds is 7. The Balaban J connectivity index is 2.96. The second-order valence-electron chi connectivity index (χ2n) is 4.70. The summed E-state index contributed by atoms with van der Waals surface area (Å²) < 4.78 is 24.4. The van der Waals surface area contributed by atoms with Gasteiger partial charge < -0.3 is 10.4 Å². The molecule has 0 bridgehead atoms. The molecule has 6 nitrogen and oxygen atoms in total. The molecule has 2 N–H and O–H groups in total. The number of benzene rings is 1. The minimum atomic E-state index is -3.86. The van der Waals surface area contributed by atoms with E-state index >= 15 is 0 Å². The third-order valence-electron chi connectivity index (χ3n) is 3.02. The fraction of sp³-hybridized carbons (Fsp3) is 0.429. The Kier molecular flexibility index (Phi) is 5.90. The van der Waals surface area contributed by atoms with Crippen molar-refractivity contribution in [3.63, 3.8) is 0 Å². The van der Waals surface area contributed by atoms with Crippen molar-refractivity contribution in [3.8, 4) is 0 Å². The minimum absolute atomic E-state index is 0.0810. The van der Waals surface area contributed by atoms with Crippen LogP contribution in [0.5, 0.6) is 0 Å². The number of nitrogens with one attached hydrogen (secondary N) is 1. The first-order valence-electron chi connectivity index (χ1n) is 6.62. The monoisotopic (exact) mass is 313 g/mol. The number of unbranched alkanes of at least 4 members (excludes halogenated alkanes) is 1. The van der Waals surface area contributed by atoms with Gasteiger partial charge in [-0.2, -0.15) is 0 Å². The van der Waals surface area contributed by atoms with Gasteiger partial charge >= 0.3 is 5.97 Å². The standard InChI is InChI=1S/C14H19NO5S/c1-3-4-8-15-13(16)9-21(19,20)12-7-5-6-11(10(12)2)14(17)18/h5-7H,3-4,8-9H2,1-2H3,(H,15,16)(H,17,18). The maximum absolute atomic E-state index is 12.2. The van der Waals surface area contributed by atoms with Crippen molar-refractivity contribution < 1.29 is 23.1 Å². The zero-order chi connectivity index (χ0) is 16.0. The second-order valence-corrected chi connectivity index (χ2v) is 6.65. The zero-order valence-corrected chi connectivity index (χ0v) is 12.9. The molecule has 21 heavy (non-hydrogen) atoms. The number of sulfone groups is 1. The summed E-state index contributed by atoms with van der Waals surface area (Å²) in [6.45, 7) is 3.81. The van der Waals surface area contributed by atoms with Crippen LogP contribution in [0, 0.1) is 6.92 Å². The van der Waals surface area contributed by atoms with Crippen molar-refractivity contribution in [2.75, 3.05) is 12.3 Å². The van der Waals surface area contributed by atoms with E-state index < -0.39 is 27.5 Å². The summed E-state index contributed by atoms with van der Waals surface area (Å²) >= 11 is 0. The lowest BCUT2D eigenvalue weighted by molar-refractivity contribution is -0.118. The largest absolute Gasteiger partial charge is 0.478 e. The van der Waals surface area contributed by atoms with Crippen LogP contribution in [0.3, 0.4) is 0 Å². The van der Waals surface area contributed by atoms with Crippen LogP contribution in [0.1, 0.15) is 35.7 Å². The van der Waals surface area contributed by atoms with E-state index in [2.05, 4.69) is 5.32 Å². The Morgan fingerprint density at radius 2 is 1.95 bits per heavy atom. The molecule has 0 saturated heterocycles. The van der Waals surface area contributed by atoms with Gasteiger partial charge in [0.25, 0.3) is 0 Å². The smallest absolute Gasteiger partial charge is 0.335 e. The third kappa shape index (κ3) is 4.56. The van der Waals surface area contributed by atoms with E-state index in [-0.39, 0.29) is 16.0 Å². The van der Waals surface area contributed by atoms with E-state index in [0.29, 0.717) is 6.54 Å². The average Bonchev–Trinajstić information content (AvgIpc) is 2.38. The predicted molar refractivity (Wildman–Crippen MR) is 78.1 cm³/mol. The number of carbonyl (C=O) groups excluding carboxylic acids is 1. The van der Waals surface area contributed by atoms with Crippen molar-refractivity contribution in [3.05, 3.63) is 29.3 Å². The summed E-state index contributed by atoms with van der Waals surface area (Å²) in [7, 11) is -3.86. The van der Waals surface area contributed by atoms with Gasteiger partial charge in [0, 0.05) is 6.54 Å². The first kappa shape index (κ1) is 17.2. The van der Waals surface area contributed by atoms with Crippen molar-refractivity contribution in [2.45, 2.75) is 31.6 Å². The van der Waals surface area contributed by atoms with Crippen molar-refractivity contribution in [1.82, 2.24) is 5.32 Å². The molecule has 0 aromatic heterocycles.